The summed E-state index contributed by atoms with van der Waals surface area (Å²) < 4.78 is 0. The molecule has 1 aromatic carbocycles. The maximum absolute atomic E-state index is 13.2. The van der Waals surface area contributed by atoms with Crippen molar-refractivity contribution in [3.63, 3.8) is 0 Å². The second-order valence-corrected chi connectivity index (χ2v) is 9.43. The monoisotopic (exact) mass is 413 g/mol. The van der Waals surface area contributed by atoms with E-state index in [2.05, 4.69) is 9.88 Å². The maximum Gasteiger partial charge on any atom is 0.265 e. The van der Waals surface area contributed by atoms with Crippen molar-refractivity contribution >= 4 is 17.2 Å². The third-order valence-corrected chi connectivity index (χ3v) is 7.46. The lowest BCUT2D eigenvalue weighted by atomic mass is 10.0. The summed E-state index contributed by atoms with van der Waals surface area (Å²) in [6.45, 7) is 7.96. The number of phenols is 1. The standard InChI is InChI=1S/C23H31N3O2S/c1-16-7-8-20(27)19(15-16)22-24-17(2)21(29-22)23(28)26-13-9-18(10-14-26)25-11-5-3-4-6-12-25/h7-8,15,18,27H,3-6,9-14H2,1-2H3. The normalized spacial score (nSPS) is 19.3. The fraction of sp³-hybridized carbons (Fsp3) is 0.565. The number of aromatic nitrogens is 1. The molecule has 2 aliphatic heterocycles. The predicted molar refractivity (Wildman–Crippen MR) is 118 cm³/mol. The number of rotatable bonds is 3. The molecule has 0 unspecified atom stereocenters. The quantitative estimate of drug-likeness (QED) is 0.798. The number of hydrogen-bond donors (Lipinski definition) is 1. The minimum absolute atomic E-state index is 0.0905. The summed E-state index contributed by atoms with van der Waals surface area (Å²) >= 11 is 1.40. The summed E-state index contributed by atoms with van der Waals surface area (Å²) in [6, 6.07) is 6.12. The van der Waals surface area contributed by atoms with Gasteiger partial charge in [-0.25, -0.2) is 4.98 Å². The number of carbonyl (C=O) groups excluding carboxylic acids is 1. The van der Waals surface area contributed by atoms with E-state index >= 15 is 0 Å². The van der Waals surface area contributed by atoms with Crippen LogP contribution < -0.4 is 0 Å². The van der Waals surface area contributed by atoms with Gasteiger partial charge in [0.1, 0.15) is 15.6 Å². The summed E-state index contributed by atoms with van der Waals surface area (Å²) in [6.07, 6.45) is 7.47. The average Bonchev–Trinajstić information content (AvgIpc) is 2.93. The first-order chi connectivity index (χ1) is 14.0. The van der Waals surface area contributed by atoms with Gasteiger partial charge < -0.3 is 14.9 Å². The molecule has 2 aliphatic rings. The number of aryl methyl sites for hydroxylation is 2. The molecule has 1 N–H and O–H groups in total. The molecular weight excluding hydrogens is 382 g/mol. The predicted octanol–water partition coefficient (Wildman–Crippen LogP) is 4.61. The van der Waals surface area contributed by atoms with Gasteiger partial charge in [-0.1, -0.05) is 24.5 Å². The number of hydrogen-bond acceptors (Lipinski definition) is 5. The molecule has 4 rings (SSSR count). The first kappa shape index (κ1) is 20.4. The number of amides is 1. The van der Waals surface area contributed by atoms with Crippen LogP contribution in [0.2, 0.25) is 0 Å². The zero-order valence-electron chi connectivity index (χ0n) is 17.5. The van der Waals surface area contributed by atoms with E-state index in [9.17, 15) is 9.90 Å². The summed E-state index contributed by atoms with van der Waals surface area (Å²) in [4.78, 5) is 23.1. The number of carbonyl (C=O) groups is 1. The molecule has 6 heteroatoms. The smallest absolute Gasteiger partial charge is 0.265 e. The summed E-state index contributed by atoms with van der Waals surface area (Å²) in [7, 11) is 0. The van der Waals surface area contributed by atoms with Gasteiger partial charge in [-0.05, 0) is 64.8 Å². The maximum atomic E-state index is 13.2. The lowest BCUT2D eigenvalue weighted by Crippen LogP contribution is -2.47. The minimum atomic E-state index is 0.0905. The lowest BCUT2D eigenvalue weighted by Gasteiger charge is -2.38. The average molecular weight is 414 g/mol. The molecule has 2 saturated heterocycles. The highest BCUT2D eigenvalue weighted by Crippen LogP contribution is 2.35. The van der Waals surface area contributed by atoms with Crippen molar-refractivity contribution in [2.24, 2.45) is 0 Å². The molecule has 156 valence electrons. The van der Waals surface area contributed by atoms with E-state index in [1.54, 1.807) is 6.07 Å². The summed E-state index contributed by atoms with van der Waals surface area (Å²) in [5.41, 5.74) is 2.52. The van der Waals surface area contributed by atoms with Crippen molar-refractivity contribution in [1.29, 1.82) is 0 Å². The van der Waals surface area contributed by atoms with E-state index < -0.39 is 0 Å². The van der Waals surface area contributed by atoms with Gasteiger partial charge in [0.25, 0.3) is 5.91 Å². The van der Waals surface area contributed by atoms with Crippen LogP contribution in [0.3, 0.4) is 0 Å². The third kappa shape index (κ3) is 4.48. The van der Waals surface area contributed by atoms with Crippen LogP contribution in [0, 0.1) is 13.8 Å². The SMILES string of the molecule is Cc1ccc(O)c(-c2nc(C)c(C(=O)N3CCC(N4CCCCCC4)CC3)s2)c1. The van der Waals surface area contributed by atoms with Crippen LogP contribution in [0.4, 0.5) is 0 Å². The zero-order chi connectivity index (χ0) is 20.4. The van der Waals surface area contributed by atoms with Crippen molar-refractivity contribution in [2.45, 2.75) is 58.4 Å². The van der Waals surface area contributed by atoms with Gasteiger partial charge in [0.15, 0.2) is 0 Å². The van der Waals surface area contributed by atoms with Gasteiger partial charge in [0.2, 0.25) is 0 Å². The van der Waals surface area contributed by atoms with Crippen LogP contribution in [0.15, 0.2) is 18.2 Å². The number of nitrogens with zero attached hydrogens (tertiary/aromatic N) is 3. The van der Waals surface area contributed by atoms with Gasteiger partial charge in [-0.3, -0.25) is 4.79 Å². The van der Waals surface area contributed by atoms with Crippen LogP contribution in [-0.4, -0.2) is 58.0 Å². The molecule has 2 aromatic rings. The molecule has 29 heavy (non-hydrogen) atoms. The van der Waals surface area contributed by atoms with Crippen LogP contribution in [0.25, 0.3) is 10.6 Å². The van der Waals surface area contributed by atoms with Crippen molar-refractivity contribution in [2.75, 3.05) is 26.2 Å². The van der Waals surface area contributed by atoms with Gasteiger partial charge >= 0.3 is 0 Å². The largest absolute Gasteiger partial charge is 0.507 e. The van der Waals surface area contributed by atoms with Crippen LogP contribution in [-0.2, 0) is 0 Å². The van der Waals surface area contributed by atoms with Crippen LogP contribution >= 0.6 is 11.3 Å². The van der Waals surface area contributed by atoms with Crippen LogP contribution in [0.1, 0.15) is 59.5 Å². The Balaban J connectivity index is 1.44. The van der Waals surface area contributed by atoms with Gasteiger partial charge in [-0.15, -0.1) is 11.3 Å². The number of benzene rings is 1. The molecule has 5 nitrogen and oxygen atoms in total. The summed E-state index contributed by atoms with van der Waals surface area (Å²) in [5, 5.41) is 10.9. The Kier molecular flexibility index (Phi) is 6.20. The minimum Gasteiger partial charge on any atom is -0.507 e. The van der Waals surface area contributed by atoms with E-state index in [0.29, 0.717) is 21.5 Å². The third-order valence-electron chi connectivity index (χ3n) is 6.28. The van der Waals surface area contributed by atoms with Crippen molar-refractivity contribution in [3.05, 3.63) is 34.3 Å². The molecule has 0 atom stereocenters. The van der Waals surface area contributed by atoms with Gasteiger partial charge in [0, 0.05) is 19.1 Å². The number of piperidine rings is 1. The van der Waals surface area contributed by atoms with E-state index in [1.807, 2.05) is 30.9 Å². The Morgan fingerprint density at radius 1 is 1.07 bits per heavy atom. The second-order valence-electron chi connectivity index (χ2n) is 8.43. The van der Waals surface area contributed by atoms with Crippen molar-refractivity contribution < 1.29 is 9.90 Å². The molecule has 0 bridgehead atoms. The zero-order valence-corrected chi connectivity index (χ0v) is 18.3. The van der Waals surface area contributed by atoms with Crippen LogP contribution in [0.5, 0.6) is 5.75 Å². The molecule has 0 radical (unpaired) electrons. The van der Waals surface area contributed by atoms with E-state index in [0.717, 1.165) is 37.2 Å². The summed E-state index contributed by atoms with van der Waals surface area (Å²) in [5.74, 6) is 0.300. The highest BCUT2D eigenvalue weighted by molar-refractivity contribution is 7.17. The van der Waals surface area contributed by atoms with Crippen molar-refractivity contribution in [1.82, 2.24) is 14.8 Å². The molecule has 1 aromatic heterocycles. The Morgan fingerprint density at radius 2 is 1.76 bits per heavy atom. The highest BCUT2D eigenvalue weighted by atomic mass is 32.1. The highest BCUT2D eigenvalue weighted by Gasteiger charge is 2.29. The molecule has 0 aliphatic carbocycles. The Bertz CT molecular complexity index is 863. The Hall–Kier alpha value is -1.92. The first-order valence-electron chi connectivity index (χ1n) is 10.8. The Morgan fingerprint density at radius 3 is 2.45 bits per heavy atom. The topological polar surface area (TPSA) is 56.7 Å². The number of likely N-dealkylation sites (tertiary alicyclic amines) is 2. The Labute approximate surface area is 177 Å². The fourth-order valence-electron chi connectivity index (χ4n) is 4.57. The molecule has 0 spiro atoms. The molecule has 0 saturated carbocycles. The van der Waals surface area contributed by atoms with E-state index in [4.69, 9.17) is 0 Å². The number of phenolic OH excluding ortho intramolecular Hbond substituents is 1. The van der Waals surface area contributed by atoms with Gasteiger partial charge in [0.05, 0.1) is 11.3 Å². The van der Waals surface area contributed by atoms with E-state index in [1.165, 1.54) is 50.1 Å². The van der Waals surface area contributed by atoms with Gasteiger partial charge in [-0.2, -0.15) is 0 Å². The van der Waals surface area contributed by atoms with Crippen molar-refractivity contribution in [3.8, 4) is 16.3 Å². The molecular formula is C23H31N3O2S. The molecule has 3 heterocycles. The number of aromatic hydroxyl groups is 1. The first-order valence-corrected chi connectivity index (χ1v) is 11.7. The second kappa shape index (κ2) is 8.84. The van der Waals surface area contributed by atoms with E-state index in [-0.39, 0.29) is 11.7 Å². The molecule has 2 fully saturated rings. The molecule has 1 amide bonds. The lowest BCUT2D eigenvalue weighted by molar-refractivity contribution is 0.0626. The fourth-order valence-corrected chi connectivity index (χ4v) is 5.63. The number of thiazole rings is 1.